The largest absolute Gasteiger partial charge is 0.494 e. The van der Waals surface area contributed by atoms with Crippen LogP contribution in [-0.4, -0.2) is 40.1 Å². The van der Waals surface area contributed by atoms with E-state index in [0.717, 1.165) is 11.3 Å². The number of amides is 1. The molecule has 3 aromatic heterocycles. The Hall–Kier alpha value is -4.02. The van der Waals surface area contributed by atoms with Gasteiger partial charge in [-0.25, -0.2) is 15.0 Å². The van der Waals surface area contributed by atoms with E-state index in [0.29, 0.717) is 28.6 Å². The van der Waals surface area contributed by atoms with Gasteiger partial charge in [-0.2, -0.15) is 0 Å². The summed E-state index contributed by atoms with van der Waals surface area (Å²) in [5, 5.41) is 19.5. The van der Waals surface area contributed by atoms with Crippen LogP contribution in [0.2, 0.25) is 0 Å². The lowest BCUT2D eigenvalue weighted by atomic mass is 10.1. The molecule has 4 rings (SSSR count). The fourth-order valence-electron chi connectivity index (χ4n) is 3.20. The van der Waals surface area contributed by atoms with Crippen LogP contribution in [0, 0.1) is 0 Å². The van der Waals surface area contributed by atoms with E-state index in [-0.39, 0.29) is 17.9 Å². The molecule has 4 N–H and O–H groups in total. The van der Waals surface area contributed by atoms with E-state index >= 15 is 0 Å². The summed E-state index contributed by atoms with van der Waals surface area (Å²) in [6, 6.07) is 10.3. The Morgan fingerprint density at radius 3 is 2.79 bits per heavy atom. The highest BCUT2D eigenvalue weighted by molar-refractivity contribution is 7.07. The molecule has 0 saturated heterocycles. The molecule has 0 atom stereocenters. The predicted molar refractivity (Wildman–Crippen MR) is 128 cm³/mol. The Balaban J connectivity index is 1.74. The van der Waals surface area contributed by atoms with Crippen LogP contribution >= 0.6 is 11.3 Å². The molecule has 0 bridgehead atoms. The standard InChI is InChI=1S/C23H22N6O3S/c1-24-23(31)16-10-26-21(29-20-8-14(11-30)6-7-25-20)9-18(16)28-17-5-3-4-15(22(17)32-2)19-12-33-13-27-19/h3-10,12-13,30H,11H2,1-2H3,(H,24,31)(H2,25,26,28,29)/i1D3. The van der Waals surface area contributed by atoms with Gasteiger partial charge in [0.05, 0.1) is 41.9 Å². The lowest BCUT2D eigenvalue weighted by Crippen LogP contribution is -2.19. The maximum atomic E-state index is 12.8. The Labute approximate surface area is 198 Å². The summed E-state index contributed by atoms with van der Waals surface area (Å²) in [5.41, 5.74) is 4.66. The zero-order valence-corrected chi connectivity index (χ0v) is 18.3. The highest BCUT2D eigenvalue weighted by Gasteiger charge is 2.17. The number of benzene rings is 1. The van der Waals surface area contributed by atoms with Crippen molar-refractivity contribution >= 4 is 40.3 Å². The third-order valence-electron chi connectivity index (χ3n) is 4.72. The topological polar surface area (TPSA) is 121 Å². The number of para-hydroxylation sites is 1. The fourth-order valence-corrected chi connectivity index (χ4v) is 3.75. The molecule has 0 spiro atoms. The summed E-state index contributed by atoms with van der Waals surface area (Å²) in [6.45, 7) is -2.83. The Morgan fingerprint density at radius 2 is 2.03 bits per heavy atom. The van der Waals surface area contributed by atoms with Crippen molar-refractivity contribution in [1.29, 1.82) is 0 Å². The van der Waals surface area contributed by atoms with Gasteiger partial charge in [0, 0.05) is 40.5 Å². The van der Waals surface area contributed by atoms with Crippen LogP contribution < -0.4 is 20.7 Å². The maximum absolute atomic E-state index is 12.8. The number of rotatable bonds is 8. The molecule has 0 aliphatic heterocycles. The summed E-state index contributed by atoms with van der Waals surface area (Å²) in [5.74, 6) is 0.434. The lowest BCUT2D eigenvalue weighted by Gasteiger charge is -2.17. The van der Waals surface area contributed by atoms with Crippen molar-refractivity contribution < 1.29 is 18.8 Å². The number of ether oxygens (including phenoxy) is 1. The van der Waals surface area contributed by atoms with Crippen LogP contribution in [0.1, 0.15) is 20.0 Å². The van der Waals surface area contributed by atoms with Gasteiger partial charge in [0.25, 0.3) is 5.91 Å². The number of carbonyl (C=O) groups excluding carboxylic acids is 1. The van der Waals surface area contributed by atoms with Crippen LogP contribution in [-0.2, 0) is 6.61 Å². The van der Waals surface area contributed by atoms with Crippen molar-refractivity contribution in [3.05, 3.63) is 70.8 Å². The Bertz CT molecular complexity index is 1370. The number of nitrogens with zero attached hydrogens (tertiary/aromatic N) is 3. The number of anilines is 4. The van der Waals surface area contributed by atoms with E-state index in [9.17, 15) is 9.90 Å². The number of aliphatic hydroxyl groups excluding tert-OH is 1. The van der Waals surface area contributed by atoms with E-state index in [1.807, 2.05) is 22.8 Å². The van der Waals surface area contributed by atoms with Gasteiger partial charge in [-0.3, -0.25) is 4.79 Å². The van der Waals surface area contributed by atoms with Crippen LogP contribution in [0.5, 0.6) is 5.75 Å². The van der Waals surface area contributed by atoms with Crippen molar-refractivity contribution in [3.8, 4) is 17.0 Å². The molecular weight excluding hydrogens is 440 g/mol. The molecule has 168 valence electrons. The van der Waals surface area contributed by atoms with Gasteiger partial charge in [-0.15, -0.1) is 11.3 Å². The molecule has 3 heterocycles. The van der Waals surface area contributed by atoms with Crippen LogP contribution in [0.15, 0.2) is 59.7 Å². The van der Waals surface area contributed by atoms with E-state index in [4.69, 9.17) is 8.85 Å². The first-order chi connectivity index (χ1) is 17.3. The van der Waals surface area contributed by atoms with Gasteiger partial charge < -0.3 is 25.8 Å². The van der Waals surface area contributed by atoms with Gasteiger partial charge in [0.15, 0.2) is 5.75 Å². The SMILES string of the molecule is [2H]C([2H])([2H])NC(=O)c1cnc(Nc2cc(CO)ccn2)cc1Nc1cccc(-c2cscn2)c1OC. The number of hydrogen-bond acceptors (Lipinski definition) is 9. The van der Waals surface area contributed by atoms with Gasteiger partial charge in [-0.1, -0.05) is 6.07 Å². The second-order valence-electron chi connectivity index (χ2n) is 6.79. The van der Waals surface area contributed by atoms with Crippen LogP contribution in [0.4, 0.5) is 23.0 Å². The van der Waals surface area contributed by atoms with Crippen molar-refractivity contribution in [2.24, 2.45) is 0 Å². The number of hydrogen-bond donors (Lipinski definition) is 4. The minimum Gasteiger partial charge on any atom is -0.494 e. The molecule has 0 aliphatic rings. The molecule has 10 heteroatoms. The molecule has 0 aliphatic carbocycles. The van der Waals surface area contributed by atoms with Crippen molar-refractivity contribution in [2.45, 2.75) is 6.61 Å². The van der Waals surface area contributed by atoms with E-state index in [2.05, 4.69) is 25.6 Å². The van der Waals surface area contributed by atoms with Gasteiger partial charge in [0.2, 0.25) is 0 Å². The summed E-state index contributed by atoms with van der Waals surface area (Å²) < 4.78 is 27.8. The first kappa shape index (κ1) is 18.5. The Morgan fingerprint density at radius 1 is 1.15 bits per heavy atom. The molecule has 33 heavy (non-hydrogen) atoms. The number of aliphatic hydroxyl groups is 1. The molecule has 0 unspecified atom stereocenters. The second kappa shape index (κ2) is 10.1. The normalized spacial score (nSPS) is 12.2. The highest BCUT2D eigenvalue weighted by atomic mass is 32.1. The number of methoxy groups -OCH3 is 1. The first-order valence-corrected chi connectivity index (χ1v) is 10.7. The molecule has 4 aromatic rings. The average Bonchev–Trinajstić information content (AvgIpc) is 3.38. The lowest BCUT2D eigenvalue weighted by molar-refractivity contribution is 0.0963. The third kappa shape index (κ3) is 4.92. The molecule has 1 amide bonds. The minimum absolute atomic E-state index is 0.00913. The number of thiazole rings is 1. The molecule has 0 radical (unpaired) electrons. The van der Waals surface area contributed by atoms with Gasteiger partial charge in [0.1, 0.15) is 11.6 Å². The minimum atomic E-state index is -2.68. The molecular formula is C23H22N6O3S. The quantitative estimate of drug-likeness (QED) is 0.309. The fraction of sp³-hybridized carbons (Fsp3) is 0.130. The zero-order chi connectivity index (χ0) is 25.7. The monoisotopic (exact) mass is 465 g/mol. The van der Waals surface area contributed by atoms with Crippen LogP contribution in [0.3, 0.4) is 0 Å². The van der Waals surface area contributed by atoms with Crippen LogP contribution in [0.25, 0.3) is 11.3 Å². The summed E-state index contributed by atoms with van der Waals surface area (Å²) in [7, 11) is 1.53. The first-order valence-electron chi connectivity index (χ1n) is 11.3. The van der Waals surface area contributed by atoms with E-state index in [1.165, 1.54) is 24.6 Å². The van der Waals surface area contributed by atoms with E-state index in [1.54, 1.807) is 36.0 Å². The number of pyridine rings is 2. The zero-order valence-electron chi connectivity index (χ0n) is 20.5. The van der Waals surface area contributed by atoms with Gasteiger partial charge in [-0.05, 0) is 29.8 Å². The van der Waals surface area contributed by atoms with Crippen molar-refractivity contribution in [2.75, 3.05) is 24.7 Å². The average molecular weight is 466 g/mol. The van der Waals surface area contributed by atoms with Gasteiger partial charge >= 0.3 is 0 Å². The summed E-state index contributed by atoms with van der Waals surface area (Å²) in [6.07, 6.45) is 2.80. The van der Waals surface area contributed by atoms with Crippen molar-refractivity contribution in [3.63, 3.8) is 0 Å². The number of carbonyl (C=O) groups is 1. The highest BCUT2D eigenvalue weighted by Crippen LogP contribution is 2.38. The molecule has 1 aromatic carbocycles. The smallest absolute Gasteiger partial charge is 0.254 e. The maximum Gasteiger partial charge on any atom is 0.254 e. The second-order valence-corrected chi connectivity index (χ2v) is 7.51. The molecule has 0 fully saturated rings. The number of nitrogens with one attached hydrogen (secondary N) is 3. The van der Waals surface area contributed by atoms with E-state index < -0.39 is 12.9 Å². The Kier molecular flexibility index (Phi) is 5.66. The molecule has 0 saturated carbocycles. The summed E-state index contributed by atoms with van der Waals surface area (Å²) in [4.78, 5) is 25.6. The van der Waals surface area contributed by atoms with Crippen molar-refractivity contribution in [1.82, 2.24) is 20.3 Å². The molecule has 9 nitrogen and oxygen atoms in total. The predicted octanol–water partition coefficient (Wildman–Crippen LogP) is 3.95. The third-order valence-corrected chi connectivity index (χ3v) is 5.31. The number of aromatic nitrogens is 3. The summed E-state index contributed by atoms with van der Waals surface area (Å²) >= 11 is 1.45.